The highest BCUT2D eigenvalue weighted by Crippen LogP contribution is 2.17. The van der Waals surface area contributed by atoms with Crippen LogP contribution in [0, 0.1) is 6.26 Å². The fourth-order valence-electron chi connectivity index (χ4n) is 0.962. The van der Waals surface area contributed by atoms with Gasteiger partial charge in [-0.25, -0.2) is 0 Å². The molecule has 1 fully saturated rings. The normalized spacial score (nSPS) is 23.6. The number of piperidine rings is 1. The lowest BCUT2D eigenvalue weighted by Crippen LogP contribution is -2.28. The van der Waals surface area contributed by atoms with Gasteiger partial charge in [0, 0.05) is 11.5 Å². The maximum atomic E-state index is 3.80. The summed E-state index contributed by atoms with van der Waals surface area (Å²) in [7, 11) is 0. The SMILES string of the molecule is [CH2]SC1CCNCC1. The maximum absolute atomic E-state index is 3.80. The second-order valence-corrected chi connectivity index (χ2v) is 3.12. The average molecular weight is 130 g/mol. The molecule has 0 aromatic carbocycles. The summed E-state index contributed by atoms with van der Waals surface area (Å²) in [6.45, 7) is 2.38. The van der Waals surface area contributed by atoms with Gasteiger partial charge in [-0.15, -0.1) is 0 Å². The minimum atomic E-state index is 0.830. The molecule has 1 rings (SSSR count). The number of hydrogen-bond donors (Lipinski definition) is 1. The molecule has 47 valence electrons. The molecule has 0 aromatic heterocycles. The lowest BCUT2D eigenvalue weighted by atomic mass is 10.2. The van der Waals surface area contributed by atoms with Gasteiger partial charge in [0.15, 0.2) is 0 Å². The van der Waals surface area contributed by atoms with Gasteiger partial charge in [0.25, 0.3) is 0 Å². The van der Waals surface area contributed by atoms with E-state index in [0.29, 0.717) is 0 Å². The van der Waals surface area contributed by atoms with Crippen molar-refractivity contribution in [3.8, 4) is 0 Å². The number of rotatable bonds is 1. The summed E-state index contributed by atoms with van der Waals surface area (Å²) >= 11 is 1.76. The molecular weight excluding hydrogens is 118 g/mol. The fourth-order valence-corrected chi connectivity index (χ4v) is 1.53. The molecule has 1 radical (unpaired) electrons. The zero-order chi connectivity index (χ0) is 5.82. The first-order valence-corrected chi connectivity index (χ1v) is 4.10. The minimum Gasteiger partial charge on any atom is -0.317 e. The van der Waals surface area contributed by atoms with Crippen molar-refractivity contribution in [3.63, 3.8) is 0 Å². The van der Waals surface area contributed by atoms with Gasteiger partial charge in [0.1, 0.15) is 0 Å². The molecule has 0 aliphatic carbocycles. The molecule has 0 atom stereocenters. The highest BCUT2D eigenvalue weighted by atomic mass is 32.2. The molecule has 1 heterocycles. The predicted octanol–water partition coefficient (Wildman–Crippen LogP) is 1.26. The predicted molar refractivity (Wildman–Crippen MR) is 38.8 cm³/mol. The van der Waals surface area contributed by atoms with Crippen LogP contribution in [0.4, 0.5) is 0 Å². The van der Waals surface area contributed by atoms with Crippen molar-refractivity contribution in [3.05, 3.63) is 6.26 Å². The summed E-state index contributed by atoms with van der Waals surface area (Å²) in [5.41, 5.74) is 0. The van der Waals surface area contributed by atoms with E-state index in [4.69, 9.17) is 0 Å². The van der Waals surface area contributed by atoms with Crippen LogP contribution in [0.1, 0.15) is 12.8 Å². The Bertz CT molecular complexity index is 59.5. The van der Waals surface area contributed by atoms with Crippen molar-refractivity contribution in [1.82, 2.24) is 5.32 Å². The Hall–Kier alpha value is 0.310. The second-order valence-electron chi connectivity index (χ2n) is 2.12. The van der Waals surface area contributed by atoms with Gasteiger partial charge in [-0.05, 0) is 25.9 Å². The van der Waals surface area contributed by atoms with Crippen LogP contribution in [0.2, 0.25) is 0 Å². The van der Waals surface area contributed by atoms with Gasteiger partial charge < -0.3 is 5.32 Å². The Morgan fingerprint density at radius 3 is 2.38 bits per heavy atom. The third-order valence-corrected chi connectivity index (χ3v) is 2.46. The fraction of sp³-hybridized carbons (Fsp3) is 0.833. The van der Waals surface area contributed by atoms with E-state index >= 15 is 0 Å². The summed E-state index contributed by atoms with van der Waals surface area (Å²) < 4.78 is 0. The van der Waals surface area contributed by atoms with Crippen LogP contribution in [0.5, 0.6) is 0 Å². The smallest absolute Gasteiger partial charge is 0.00714 e. The molecule has 0 bridgehead atoms. The van der Waals surface area contributed by atoms with E-state index in [2.05, 4.69) is 11.6 Å². The van der Waals surface area contributed by atoms with Gasteiger partial charge in [0.2, 0.25) is 0 Å². The zero-order valence-electron chi connectivity index (χ0n) is 5.02. The number of thioether (sulfide) groups is 1. The van der Waals surface area contributed by atoms with E-state index in [1.54, 1.807) is 11.8 Å². The summed E-state index contributed by atoms with van der Waals surface area (Å²) in [6.07, 6.45) is 6.40. The summed E-state index contributed by atoms with van der Waals surface area (Å²) in [5.74, 6) is 0. The molecule has 1 N–H and O–H groups in total. The Morgan fingerprint density at radius 1 is 1.38 bits per heavy atom. The van der Waals surface area contributed by atoms with Crippen molar-refractivity contribution in [2.75, 3.05) is 13.1 Å². The number of hydrogen-bond acceptors (Lipinski definition) is 2. The molecule has 1 aliphatic rings. The topological polar surface area (TPSA) is 12.0 Å². The first-order chi connectivity index (χ1) is 3.93. The van der Waals surface area contributed by atoms with Crippen LogP contribution in [-0.4, -0.2) is 18.3 Å². The van der Waals surface area contributed by atoms with Crippen LogP contribution in [0.25, 0.3) is 0 Å². The molecule has 0 spiro atoms. The Kier molecular flexibility index (Phi) is 2.70. The summed E-state index contributed by atoms with van der Waals surface area (Å²) in [6, 6.07) is 0. The van der Waals surface area contributed by atoms with Crippen molar-refractivity contribution >= 4 is 11.8 Å². The lowest BCUT2D eigenvalue weighted by molar-refractivity contribution is 0.532. The maximum Gasteiger partial charge on any atom is 0.00714 e. The van der Waals surface area contributed by atoms with E-state index in [1.807, 2.05) is 0 Å². The lowest BCUT2D eigenvalue weighted by Gasteiger charge is -2.19. The zero-order valence-corrected chi connectivity index (χ0v) is 5.84. The molecule has 0 saturated carbocycles. The highest BCUT2D eigenvalue weighted by molar-refractivity contribution is 8.01. The Morgan fingerprint density at radius 2 is 2.00 bits per heavy atom. The molecule has 8 heavy (non-hydrogen) atoms. The summed E-state index contributed by atoms with van der Waals surface area (Å²) in [4.78, 5) is 0. The molecule has 0 aromatic rings. The standard InChI is InChI=1S/C6H12NS/c1-8-6-2-4-7-5-3-6/h6-7H,1-5H2. The Labute approximate surface area is 55.2 Å². The second kappa shape index (κ2) is 3.36. The van der Waals surface area contributed by atoms with E-state index in [0.717, 1.165) is 5.25 Å². The molecule has 1 aliphatic heterocycles. The van der Waals surface area contributed by atoms with E-state index in [9.17, 15) is 0 Å². The van der Waals surface area contributed by atoms with E-state index < -0.39 is 0 Å². The first-order valence-electron chi connectivity index (χ1n) is 3.05. The van der Waals surface area contributed by atoms with Crippen LogP contribution in [0.3, 0.4) is 0 Å². The van der Waals surface area contributed by atoms with Crippen molar-refractivity contribution in [2.24, 2.45) is 0 Å². The molecule has 0 unspecified atom stereocenters. The molecule has 0 amide bonds. The van der Waals surface area contributed by atoms with Crippen LogP contribution in [0.15, 0.2) is 0 Å². The van der Waals surface area contributed by atoms with Gasteiger partial charge in [0.05, 0.1) is 0 Å². The van der Waals surface area contributed by atoms with Crippen molar-refractivity contribution < 1.29 is 0 Å². The van der Waals surface area contributed by atoms with Crippen LogP contribution >= 0.6 is 11.8 Å². The molecule has 1 nitrogen and oxygen atoms in total. The largest absolute Gasteiger partial charge is 0.317 e. The average Bonchev–Trinajstić information content (AvgIpc) is 1.90. The highest BCUT2D eigenvalue weighted by Gasteiger charge is 2.09. The van der Waals surface area contributed by atoms with Crippen molar-refractivity contribution in [2.45, 2.75) is 18.1 Å². The molecule has 1 saturated heterocycles. The molecule has 2 heteroatoms. The van der Waals surface area contributed by atoms with E-state index in [1.165, 1.54) is 25.9 Å². The first kappa shape index (κ1) is 6.43. The third kappa shape index (κ3) is 1.67. The quantitative estimate of drug-likeness (QED) is 0.573. The van der Waals surface area contributed by atoms with Gasteiger partial charge in [-0.2, -0.15) is 11.8 Å². The van der Waals surface area contributed by atoms with E-state index in [-0.39, 0.29) is 0 Å². The summed E-state index contributed by atoms with van der Waals surface area (Å²) in [5, 5.41) is 4.14. The van der Waals surface area contributed by atoms with Crippen molar-refractivity contribution in [1.29, 1.82) is 0 Å². The molecular formula is C6H12NS. The van der Waals surface area contributed by atoms with Gasteiger partial charge >= 0.3 is 0 Å². The van der Waals surface area contributed by atoms with Gasteiger partial charge in [-0.3, -0.25) is 0 Å². The van der Waals surface area contributed by atoms with Gasteiger partial charge in [-0.1, -0.05) is 0 Å². The Balaban J connectivity index is 2.13. The van der Waals surface area contributed by atoms with Crippen LogP contribution in [-0.2, 0) is 0 Å². The third-order valence-electron chi connectivity index (χ3n) is 1.52. The van der Waals surface area contributed by atoms with Crippen LogP contribution < -0.4 is 5.32 Å². The number of nitrogens with one attached hydrogen (secondary N) is 1. The monoisotopic (exact) mass is 130 g/mol. The minimum absolute atomic E-state index is 0.830.